The highest BCUT2D eigenvalue weighted by Crippen LogP contribution is 2.25. The number of rotatable bonds is 2. The number of benzene rings is 2. The average Bonchev–Trinajstić information content (AvgIpc) is 2.28. The lowest BCUT2D eigenvalue weighted by Gasteiger charge is -2.08. The van der Waals surface area contributed by atoms with Gasteiger partial charge in [-0.1, -0.05) is 58.6 Å². The van der Waals surface area contributed by atoms with Crippen molar-refractivity contribution < 1.29 is 0 Å². The van der Waals surface area contributed by atoms with Crippen LogP contribution in [0.2, 0.25) is 10.0 Å². The molecule has 0 fully saturated rings. The summed E-state index contributed by atoms with van der Waals surface area (Å²) in [6, 6.07) is 12.1. The van der Waals surface area contributed by atoms with E-state index in [0.29, 0.717) is 0 Å². The zero-order chi connectivity index (χ0) is 12.4. The topological polar surface area (TPSA) is 0 Å². The van der Waals surface area contributed by atoms with E-state index in [0.717, 1.165) is 27.6 Å². The third-order valence-corrected chi connectivity index (χ3v) is 3.52. The summed E-state index contributed by atoms with van der Waals surface area (Å²) in [5, 5.41) is 1.60. The first-order chi connectivity index (χ1) is 8.06. The molecule has 0 N–H and O–H groups in total. The summed E-state index contributed by atoms with van der Waals surface area (Å²) >= 11 is 12.4. The Morgan fingerprint density at radius 3 is 1.59 bits per heavy atom. The van der Waals surface area contributed by atoms with Gasteiger partial charge in [0.05, 0.1) is 0 Å². The highest BCUT2D eigenvalue weighted by Gasteiger charge is 2.06. The van der Waals surface area contributed by atoms with Gasteiger partial charge in [0.25, 0.3) is 0 Å². The molecule has 0 unspecified atom stereocenters. The van der Waals surface area contributed by atoms with Crippen LogP contribution in [0.5, 0.6) is 0 Å². The van der Waals surface area contributed by atoms with Gasteiger partial charge in [0.1, 0.15) is 0 Å². The van der Waals surface area contributed by atoms with Gasteiger partial charge < -0.3 is 0 Å². The van der Waals surface area contributed by atoms with Crippen LogP contribution >= 0.6 is 23.2 Å². The number of halogens is 2. The van der Waals surface area contributed by atoms with E-state index in [2.05, 4.69) is 26.0 Å². The molecule has 0 saturated heterocycles. The van der Waals surface area contributed by atoms with Crippen LogP contribution in [0.4, 0.5) is 0 Å². The fraction of sp³-hybridized carbons (Fsp3) is 0.200. The molecule has 0 nitrogen and oxygen atoms in total. The predicted molar refractivity (Wildman–Crippen MR) is 75.2 cm³/mol. The van der Waals surface area contributed by atoms with Crippen LogP contribution in [0.15, 0.2) is 36.4 Å². The van der Waals surface area contributed by atoms with Crippen LogP contribution in [-0.4, -0.2) is 0 Å². The number of hydrogen-bond donors (Lipinski definition) is 0. The Hall–Kier alpha value is -0.980. The van der Waals surface area contributed by atoms with Crippen molar-refractivity contribution in [1.29, 1.82) is 0 Å². The molecule has 2 aromatic rings. The molecule has 0 spiro atoms. The van der Waals surface area contributed by atoms with Crippen LogP contribution in [-0.2, 0) is 6.42 Å². The second-order valence-corrected chi connectivity index (χ2v) is 5.18. The molecule has 2 aromatic carbocycles. The van der Waals surface area contributed by atoms with Crippen molar-refractivity contribution in [3.63, 3.8) is 0 Å². The van der Waals surface area contributed by atoms with Gasteiger partial charge in [0, 0.05) is 16.5 Å². The van der Waals surface area contributed by atoms with E-state index in [-0.39, 0.29) is 0 Å². The number of aryl methyl sites for hydroxylation is 2. The summed E-state index contributed by atoms with van der Waals surface area (Å²) in [7, 11) is 0. The molecule has 2 rings (SSSR count). The third kappa shape index (κ3) is 3.02. The van der Waals surface area contributed by atoms with Gasteiger partial charge in [-0.2, -0.15) is 0 Å². The molecular formula is C15H14Cl2. The minimum Gasteiger partial charge on any atom is -0.0840 e. The highest BCUT2D eigenvalue weighted by atomic mass is 35.5. The first kappa shape index (κ1) is 12.5. The Morgan fingerprint density at radius 1 is 0.765 bits per heavy atom. The fourth-order valence-electron chi connectivity index (χ4n) is 1.88. The Morgan fingerprint density at radius 2 is 1.18 bits per heavy atom. The Balaban J connectivity index is 2.37. The van der Waals surface area contributed by atoms with E-state index < -0.39 is 0 Å². The normalized spacial score (nSPS) is 10.6. The van der Waals surface area contributed by atoms with E-state index in [9.17, 15) is 0 Å². The molecule has 2 heteroatoms. The van der Waals surface area contributed by atoms with Crippen molar-refractivity contribution in [3.8, 4) is 0 Å². The first-order valence-electron chi connectivity index (χ1n) is 5.56. The fourth-order valence-corrected chi connectivity index (χ4v) is 2.25. The van der Waals surface area contributed by atoms with Crippen molar-refractivity contribution in [1.82, 2.24) is 0 Å². The van der Waals surface area contributed by atoms with Crippen LogP contribution in [0.3, 0.4) is 0 Å². The highest BCUT2D eigenvalue weighted by molar-refractivity contribution is 6.32. The zero-order valence-electron chi connectivity index (χ0n) is 9.93. The monoisotopic (exact) mass is 264 g/mol. The molecule has 0 aliphatic rings. The van der Waals surface area contributed by atoms with E-state index in [1.54, 1.807) is 0 Å². The Labute approximate surface area is 112 Å². The second kappa shape index (κ2) is 5.12. The molecule has 0 heterocycles. The molecule has 0 atom stereocenters. The average molecular weight is 265 g/mol. The van der Waals surface area contributed by atoms with E-state index >= 15 is 0 Å². The summed E-state index contributed by atoms with van der Waals surface area (Å²) in [4.78, 5) is 0. The maximum atomic E-state index is 6.20. The molecule has 0 aliphatic carbocycles. The molecule has 17 heavy (non-hydrogen) atoms. The quantitative estimate of drug-likeness (QED) is 0.700. The zero-order valence-corrected chi connectivity index (χ0v) is 11.4. The Bertz CT molecular complexity index is 495. The lowest BCUT2D eigenvalue weighted by molar-refractivity contribution is 1.17. The summed E-state index contributed by atoms with van der Waals surface area (Å²) in [5.41, 5.74) is 4.68. The van der Waals surface area contributed by atoms with Crippen LogP contribution in [0.1, 0.15) is 22.3 Å². The van der Waals surface area contributed by atoms with Gasteiger partial charge in [-0.25, -0.2) is 0 Å². The maximum Gasteiger partial charge on any atom is 0.0441 e. The van der Waals surface area contributed by atoms with E-state index in [4.69, 9.17) is 23.2 Å². The first-order valence-corrected chi connectivity index (χ1v) is 6.32. The molecule has 0 saturated carbocycles. The SMILES string of the molecule is Cc1ccc(Cl)c(Cc2cc(C)ccc2Cl)c1. The molecular weight excluding hydrogens is 251 g/mol. The standard InChI is InChI=1S/C15H14Cl2/c1-10-3-5-14(16)12(7-10)9-13-8-11(2)4-6-15(13)17/h3-8H,9H2,1-2H3. The molecule has 0 bridgehead atoms. The third-order valence-electron chi connectivity index (χ3n) is 2.78. The van der Waals surface area contributed by atoms with Crippen molar-refractivity contribution in [2.45, 2.75) is 20.3 Å². The lowest BCUT2D eigenvalue weighted by Crippen LogP contribution is -1.92. The minimum atomic E-state index is 0.779. The van der Waals surface area contributed by atoms with E-state index in [1.807, 2.05) is 24.3 Å². The van der Waals surface area contributed by atoms with Crippen molar-refractivity contribution in [2.24, 2.45) is 0 Å². The largest absolute Gasteiger partial charge is 0.0840 e. The van der Waals surface area contributed by atoms with E-state index in [1.165, 1.54) is 11.1 Å². The second-order valence-electron chi connectivity index (χ2n) is 4.37. The van der Waals surface area contributed by atoms with Crippen molar-refractivity contribution >= 4 is 23.2 Å². The summed E-state index contributed by atoms with van der Waals surface area (Å²) in [6.45, 7) is 4.13. The van der Waals surface area contributed by atoms with Crippen LogP contribution < -0.4 is 0 Å². The predicted octanol–water partition coefficient (Wildman–Crippen LogP) is 5.20. The number of hydrogen-bond acceptors (Lipinski definition) is 0. The lowest BCUT2D eigenvalue weighted by atomic mass is 10.0. The maximum absolute atomic E-state index is 6.20. The van der Waals surface area contributed by atoms with Gasteiger partial charge in [0.15, 0.2) is 0 Å². The van der Waals surface area contributed by atoms with Crippen molar-refractivity contribution in [3.05, 3.63) is 68.7 Å². The smallest absolute Gasteiger partial charge is 0.0441 e. The summed E-state index contributed by atoms with van der Waals surface area (Å²) in [5.74, 6) is 0. The van der Waals surface area contributed by atoms with Gasteiger partial charge in [-0.05, 0) is 37.1 Å². The van der Waals surface area contributed by atoms with Gasteiger partial charge >= 0.3 is 0 Å². The summed E-state index contributed by atoms with van der Waals surface area (Å²) in [6.07, 6.45) is 0.779. The van der Waals surface area contributed by atoms with Gasteiger partial charge in [0.2, 0.25) is 0 Å². The van der Waals surface area contributed by atoms with Gasteiger partial charge in [-0.3, -0.25) is 0 Å². The molecule has 0 aliphatic heterocycles. The molecule has 0 radical (unpaired) electrons. The molecule has 0 amide bonds. The van der Waals surface area contributed by atoms with Crippen LogP contribution in [0.25, 0.3) is 0 Å². The Kier molecular flexibility index (Phi) is 3.76. The van der Waals surface area contributed by atoms with Gasteiger partial charge in [-0.15, -0.1) is 0 Å². The minimum absolute atomic E-state index is 0.779. The van der Waals surface area contributed by atoms with Crippen molar-refractivity contribution in [2.75, 3.05) is 0 Å². The van der Waals surface area contributed by atoms with Crippen LogP contribution in [0, 0.1) is 13.8 Å². The summed E-state index contributed by atoms with van der Waals surface area (Å²) < 4.78 is 0. The molecule has 88 valence electrons. The molecule has 0 aromatic heterocycles.